The molecule has 0 radical (unpaired) electrons. The van der Waals surface area contributed by atoms with Crippen LogP contribution in [0.2, 0.25) is 0 Å². The van der Waals surface area contributed by atoms with Gasteiger partial charge in [-0.25, -0.2) is 4.58 Å². The molecule has 1 N–H and O–H groups in total. The third-order valence-corrected chi connectivity index (χ3v) is 5.13. The second kappa shape index (κ2) is 6.80. The molecule has 2 aliphatic heterocycles. The third kappa shape index (κ3) is 3.22. The monoisotopic (exact) mass is 366 g/mol. The minimum atomic E-state index is -0.782. The first-order valence-corrected chi connectivity index (χ1v) is 9.30. The van der Waals surface area contributed by atoms with E-state index in [4.69, 9.17) is 0 Å². The van der Waals surface area contributed by atoms with E-state index >= 15 is 0 Å². The Hall–Kier alpha value is -2.69. The summed E-state index contributed by atoms with van der Waals surface area (Å²) in [6, 6.07) is 9.15. The second-order valence-corrected chi connectivity index (χ2v) is 8.21. The number of nitrogens with one attached hydrogen (secondary N) is 1. The van der Waals surface area contributed by atoms with Gasteiger partial charge in [0.05, 0.1) is 5.57 Å². The van der Waals surface area contributed by atoms with Crippen molar-refractivity contribution in [3.8, 4) is 0 Å². The van der Waals surface area contributed by atoms with Crippen molar-refractivity contribution < 1.29 is 14.2 Å². The average molecular weight is 366 g/mol. The van der Waals surface area contributed by atoms with Crippen molar-refractivity contribution >= 4 is 18.0 Å². The number of allylic oxidation sites excluding steroid dienone is 2. The molecule has 5 heteroatoms. The predicted molar refractivity (Wildman–Crippen MR) is 107 cm³/mol. The summed E-state index contributed by atoms with van der Waals surface area (Å²) in [5, 5.41) is 3.08. The zero-order chi connectivity index (χ0) is 19.8. The van der Waals surface area contributed by atoms with Crippen LogP contribution >= 0.6 is 0 Å². The number of hydrogen-bond donors (Lipinski definition) is 1. The lowest BCUT2D eigenvalue weighted by Gasteiger charge is -2.32. The fourth-order valence-corrected chi connectivity index (χ4v) is 4.03. The molecule has 2 atom stereocenters. The summed E-state index contributed by atoms with van der Waals surface area (Å²) in [6.45, 7) is 8.11. The highest BCUT2D eigenvalue weighted by Gasteiger charge is 2.64. The molecule has 1 aromatic carbocycles. The topological polar surface area (TPSA) is 52.4 Å². The number of amides is 2. The zero-order valence-electron chi connectivity index (χ0n) is 16.7. The highest BCUT2D eigenvalue weighted by Crippen LogP contribution is 2.41. The first-order valence-electron chi connectivity index (χ1n) is 9.30. The van der Waals surface area contributed by atoms with Crippen LogP contribution in [0.5, 0.6) is 0 Å². The van der Waals surface area contributed by atoms with Crippen LogP contribution in [0.3, 0.4) is 0 Å². The molecule has 5 nitrogen and oxygen atoms in total. The maximum absolute atomic E-state index is 13.4. The molecule has 3 rings (SSSR count). The van der Waals surface area contributed by atoms with Crippen molar-refractivity contribution in [2.45, 2.75) is 51.4 Å². The largest absolute Gasteiger partial charge is 0.349 e. The van der Waals surface area contributed by atoms with E-state index in [-0.39, 0.29) is 17.4 Å². The number of rotatable bonds is 3. The first kappa shape index (κ1) is 19.1. The van der Waals surface area contributed by atoms with Gasteiger partial charge in [0.2, 0.25) is 5.54 Å². The highest BCUT2D eigenvalue weighted by atomic mass is 16.2. The summed E-state index contributed by atoms with van der Waals surface area (Å²) in [5.74, 6) is -0.238. The number of carbonyl (C=O) groups is 2. The summed E-state index contributed by atoms with van der Waals surface area (Å²) in [5.41, 5.74) is 0.472. The fraction of sp³-hybridized carbons (Fsp3) is 0.409. The van der Waals surface area contributed by atoms with Gasteiger partial charge in [0, 0.05) is 18.2 Å². The first-order chi connectivity index (χ1) is 12.7. The third-order valence-electron chi connectivity index (χ3n) is 5.13. The standard InChI is InChI=1S/C22H27N3O2/c1-6-17-20(27)25(15-16-11-8-7-9-12-16)18(19(26)23-21(2,3)4)22(17)13-10-14-24(22)5/h6-14,18H,15H2,1-5H3/p+1/t18-,22-/m0/s1. The molecule has 2 heterocycles. The SMILES string of the molecule is CC=C1C(=O)N(Cc2ccccc2)[C@@H](C(=O)NC(C)(C)C)[C@]12C=CC=[N+]2C. The van der Waals surface area contributed by atoms with Crippen molar-refractivity contribution in [3.05, 3.63) is 59.7 Å². The van der Waals surface area contributed by atoms with Crippen LogP contribution in [-0.2, 0) is 16.1 Å². The predicted octanol–water partition coefficient (Wildman–Crippen LogP) is 2.28. The summed E-state index contributed by atoms with van der Waals surface area (Å²) in [4.78, 5) is 28.4. The Balaban J connectivity index is 2.10. The van der Waals surface area contributed by atoms with Gasteiger partial charge in [0.1, 0.15) is 7.05 Å². The molecule has 27 heavy (non-hydrogen) atoms. The minimum Gasteiger partial charge on any atom is -0.349 e. The molecule has 0 aromatic heterocycles. The molecular weight excluding hydrogens is 338 g/mol. The molecule has 0 unspecified atom stereocenters. The molecule has 2 aliphatic rings. The van der Waals surface area contributed by atoms with Gasteiger partial charge in [0.15, 0.2) is 12.3 Å². The Labute approximate surface area is 161 Å². The van der Waals surface area contributed by atoms with Crippen molar-refractivity contribution in [2.75, 3.05) is 7.05 Å². The van der Waals surface area contributed by atoms with Crippen LogP contribution in [0, 0.1) is 0 Å². The fourth-order valence-electron chi connectivity index (χ4n) is 4.03. The van der Waals surface area contributed by atoms with Gasteiger partial charge in [-0.3, -0.25) is 9.59 Å². The van der Waals surface area contributed by atoms with Crippen molar-refractivity contribution in [3.63, 3.8) is 0 Å². The van der Waals surface area contributed by atoms with Crippen molar-refractivity contribution in [1.82, 2.24) is 10.2 Å². The van der Waals surface area contributed by atoms with Crippen molar-refractivity contribution in [2.24, 2.45) is 0 Å². The van der Waals surface area contributed by atoms with E-state index in [1.165, 1.54) is 0 Å². The van der Waals surface area contributed by atoms with E-state index in [2.05, 4.69) is 5.32 Å². The lowest BCUT2D eigenvalue weighted by Crippen LogP contribution is -2.59. The van der Waals surface area contributed by atoms with Gasteiger partial charge in [-0.05, 0) is 39.3 Å². The maximum Gasteiger partial charge on any atom is 0.258 e. The van der Waals surface area contributed by atoms with Gasteiger partial charge in [0.25, 0.3) is 11.8 Å². The number of benzene rings is 1. The highest BCUT2D eigenvalue weighted by molar-refractivity contribution is 6.06. The second-order valence-electron chi connectivity index (χ2n) is 8.21. The summed E-state index contributed by atoms with van der Waals surface area (Å²) < 4.78 is 1.97. The number of likely N-dealkylation sites (tertiary alicyclic amines) is 1. The van der Waals surface area contributed by atoms with E-state index in [9.17, 15) is 9.59 Å². The van der Waals surface area contributed by atoms with Crippen molar-refractivity contribution in [1.29, 1.82) is 0 Å². The maximum atomic E-state index is 13.4. The molecule has 1 saturated heterocycles. The molecule has 1 spiro atoms. The Kier molecular flexibility index (Phi) is 4.81. The summed E-state index contributed by atoms with van der Waals surface area (Å²) in [6.07, 6.45) is 7.64. The van der Waals surface area contributed by atoms with E-state index in [0.717, 1.165) is 5.56 Å². The smallest absolute Gasteiger partial charge is 0.258 e. The molecule has 0 bridgehead atoms. The molecule has 1 fully saturated rings. The van der Waals surface area contributed by atoms with Crippen LogP contribution in [0.25, 0.3) is 0 Å². The van der Waals surface area contributed by atoms with Gasteiger partial charge in [-0.2, -0.15) is 0 Å². The number of carbonyl (C=O) groups excluding carboxylic acids is 2. The van der Waals surface area contributed by atoms with Crippen LogP contribution in [0.4, 0.5) is 0 Å². The number of nitrogens with zero attached hydrogens (tertiary/aromatic N) is 2. The number of likely N-dealkylation sites (N-methyl/N-ethyl adjacent to an activating group) is 1. The zero-order valence-corrected chi connectivity index (χ0v) is 16.7. The Morgan fingerprint density at radius 3 is 2.48 bits per heavy atom. The molecular formula is C22H28N3O2+. The number of hydrogen-bond acceptors (Lipinski definition) is 2. The summed E-state index contributed by atoms with van der Waals surface area (Å²) >= 11 is 0. The Morgan fingerprint density at radius 1 is 1.30 bits per heavy atom. The van der Waals surface area contributed by atoms with E-state index < -0.39 is 11.6 Å². The van der Waals surface area contributed by atoms with Crippen LogP contribution < -0.4 is 5.32 Å². The minimum absolute atomic E-state index is 0.0952. The van der Waals surface area contributed by atoms with E-state index in [1.54, 1.807) is 4.90 Å². The quantitative estimate of drug-likeness (QED) is 0.659. The van der Waals surface area contributed by atoms with Crippen LogP contribution in [-0.4, -0.2) is 51.7 Å². The lowest BCUT2D eigenvalue weighted by atomic mass is 9.84. The van der Waals surface area contributed by atoms with E-state index in [0.29, 0.717) is 12.1 Å². The average Bonchev–Trinajstić information content (AvgIpc) is 3.06. The van der Waals surface area contributed by atoms with Crippen LogP contribution in [0.1, 0.15) is 33.3 Å². The van der Waals surface area contributed by atoms with E-state index in [1.807, 2.05) is 94.1 Å². The van der Waals surface area contributed by atoms with Crippen LogP contribution in [0.15, 0.2) is 54.1 Å². The normalized spacial score (nSPS) is 26.2. The summed E-state index contributed by atoms with van der Waals surface area (Å²) in [7, 11) is 1.92. The Bertz CT molecular complexity index is 846. The van der Waals surface area contributed by atoms with Gasteiger partial charge in [-0.1, -0.05) is 36.4 Å². The molecule has 0 aliphatic carbocycles. The molecule has 142 valence electrons. The van der Waals surface area contributed by atoms with Gasteiger partial charge in [-0.15, -0.1) is 0 Å². The molecule has 0 saturated carbocycles. The van der Waals surface area contributed by atoms with Gasteiger partial charge >= 0.3 is 0 Å². The lowest BCUT2D eigenvalue weighted by molar-refractivity contribution is -0.551. The molecule has 2 amide bonds. The van der Waals surface area contributed by atoms with Gasteiger partial charge < -0.3 is 10.2 Å². The Morgan fingerprint density at radius 2 is 1.96 bits per heavy atom. The molecule has 1 aromatic rings.